The minimum Gasteiger partial charge on any atom is -0.467 e. The van der Waals surface area contributed by atoms with Crippen LogP contribution >= 0.6 is 0 Å². The van der Waals surface area contributed by atoms with E-state index in [1.165, 1.54) is 19.3 Å². The number of rotatable bonds is 9. The second-order valence-corrected chi connectivity index (χ2v) is 5.85. The number of ether oxygens (including phenoxy) is 1. The Morgan fingerprint density at radius 2 is 2.30 bits per heavy atom. The van der Waals surface area contributed by atoms with Gasteiger partial charge in [-0.2, -0.15) is 0 Å². The summed E-state index contributed by atoms with van der Waals surface area (Å²) in [6.45, 7) is 2.22. The number of nitrogens with one attached hydrogen (secondary N) is 1. The van der Waals surface area contributed by atoms with Crippen LogP contribution in [0.25, 0.3) is 0 Å². The fraction of sp³-hybridized carbons (Fsp3) is 0.733. The van der Waals surface area contributed by atoms with Crippen LogP contribution in [0.1, 0.15) is 25.0 Å². The van der Waals surface area contributed by atoms with Crippen LogP contribution < -0.4 is 5.32 Å². The van der Waals surface area contributed by atoms with Gasteiger partial charge in [-0.05, 0) is 45.5 Å². The number of aliphatic hydroxyl groups excluding tert-OH is 1. The molecule has 0 saturated heterocycles. The van der Waals surface area contributed by atoms with Gasteiger partial charge in [-0.15, -0.1) is 0 Å². The van der Waals surface area contributed by atoms with Gasteiger partial charge in [-0.1, -0.05) is 0 Å². The third-order valence-corrected chi connectivity index (χ3v) is 4.20. The molecular formula is C15H26N2O3. The highest BCUT2D eigenvalue weighted by molar-refractivity contribution is 4.98. The second kappa shape index (κ2) is 7.22. The Morgan fingerprint density at radius 3 is 2.85 bits per heavy atom. The predicted octanol–water partition coefficient (Wildman–Crippen LogP) is 1.23. The van der Waals surface area contributed by atoms with Crippen LogP contribution in [-0.2, 0) is 11.3 Å². The van der Waals surface area contributed by atoms with Crippen molar-refractivity contribution in [1.29, 1.82) is 0 Å². The molecule has 2 N–H and O–H groups in total. The Bertz CT molecular complexity index is 374. The van der Waals surface area contributed by atoms with Crippen LogP contribution in [0.3, 0.4) is 0 Å². The van der Waals surface area contributed by atoms with Crippen molar-refractivity contribution in [3.8, 4) is 0 Å². The van der Waals surface area contributed by atoms with Crippen LogP contribution in [0.5, 0.6) is 0 Å². The van der Waals surface area contributed by atoms with E-state index in [1.54, 1.807) is 6.26 Å². The number of hydrogen-bond acceptors (Lipinski definition) is 5. The van der Waals surface area contributed by atoms with E-state index in [2.05, 4.69) is 24.3 Å². The molecule has 0 aromatic carbocycles. The summed E-state index contributed by atoms with van der Waals surface area (Å²) in [6, 6.07) is 3.69. The Labute approximate surface area is 120 Å². The molecule has 1 aliphatic carbocycles. The molecule has 1 aromatic rings. The first-order valence-corrected chi connectivity index (χ1v) is 7.29. The highest BCUT2D eigenvalue weighted by atomic mass is 16.5. The van der Waals surface area contributed by atoms with Crippen LogP contribution in [0.15, 0.2) is 22.8 Å². The van der Waals surface area contributed by atoms with Crippen molar-refractivity contribution in [2.45, 2.75) is 37.5 Å². The molecule has 0 amide bonds. The van der Waals surface area contributed by atoms with Gasteiger partial charge < -0.3 is 24.5 Å². The summed E-state index contributed by atoms with van der Waals surface area (Å²) in [5.41, 5.74) is 0.286. The molecule has 5 heteroatoms. The van der Waals surface area contributed by atoms with Crippen LogP contribution in [-0.4, -0.2) is 55.4 Å². The third-order valence-electron chi connectivity index (χ3n) is 4.20. The Kier molecular flexibility index (Phi) is 5.60. The van der Waals surface area contributed by atoms with Gasteiger partial charge in [0.1, 0.15) is 12.4 Å². The average Bonchev–Trinajstić information content (AvgIpc) is 2.85. The molecule has 1 aromatic heterocycles. The van der Waals surface area contributed by atoms with Gasteiger partial charge in [-0.3, -0.25) is 0 Å². The highest BCUT2D eigenvalue weighted by Gasteiger charge is 2.38. The average molecular weight is 282 g/mol. The SMILES string of the molecule is CN(C)C1(CNCC(O)COCc2ccco2)CCC1. The van der Waals surface area contributed by atoms with Crippen molar-refractivity contribution in [3.05, 3.63) is 24.2 Å². The van der Waals surface area contributed by atoms with E-state index in [9.17, 15) is 5.11 Å². The zero-order valence-corrected chi connectivity index (χ0v) is 12.5. The van der Waals surface area contributed by atoms with Crippen LogP contribution in [0.4, 0.5) is 0 Å². The Morgan fingerprint density at radius 1 is 1.50 bits per heavy atom. The van der Waals surface area contributed by atoms with E-state index in [1.807, 2.05) is 12.1 Å². The largest absolute Gasteiger partial charge is 0.467 e. The molecule has 1 heterocycles. The quantitative estimate of drug-likeness (QED) is 0.713. The molecule has 1 atom stereocenters. The molecule has 114 valence electrons. The lowest BCUT2D eigenvalue weighted by Gasteiger charge is -2.47. The highest BCUT2D eigenvalue weighted by Crippen LogP contribution is 2.35. The first-order valence-electron chi connectivity index (χ1n) is 7.29. The van der Waals surface area contributed by atoms with Gasteiger partial charge in [-0.25, -0.2) is 0 Å². The van der Waals surface area contributed by atoms with Crippen LogP contribution in [0.2, 0.25) is 0 Å². The van der Waals surface area contributed by atoms with E-state index in [-0.39, 0.29) is 5.54 Å². The zero-order valence-electron chi connectivity index (χ0n) is 12.5. The Hall–Kier alpha value is -0.880. The summed E-state index contributed by atoms with van der Waals surface area (Å²) in [6.07, 6.45) is 4.91. The lowest BCUT2D eigenvalue weighted by atomic mass is 9.75. The molecule has 0 spiro atoms. The van der Waals surface area contributed by atoms with E-state index < -0.39 is 6.10 Å². The van der Waals surface area contributed by atoms with Crippen molar-refractivity contribution in [2.75, 3.05) is 33.8 Å². The molecule has 20 heavy (non-hydrogen) atoms. The number of furan rings is 1. The summed E-state index contributed by atoms with van der Waals surface area (Å²) in [4.78, 5) is 2.29. The smallest absolute Gasteiger partial charge is 0.129 e. The number of hydrogen-bond donors (Lipinski definition) is 2. The molecule has 1 aliphatic rings. The maximum atomic E-state index is 9.87. The number of nitrogens with zero attached hydrogens (tertiary/aromatic N) is 1. The first kappa shape index (κ1) is 15.5. The van der Waals surface area contributed by atoms with Gasteiger partial charge in [0.2, 0.25) is 0 Å². The van der Waals surface area contributed by atoms with E-state index in [4.69, 9.17) is 9.15 Å². The minimum atomic E-state index is -0.482. The van der Waals surface area contributed by atoms with Gasteiger partial charge in [0.15, 0.2) is 0 Å². The van der Waals surface area contributed by atoms with Gasteiger partial charge in [0.25, 0.3) is 0 Å². The van der Waals surface area contributed by atoms with Crippen molar-refractivity contribution in [3.63, 3.8) is 0 Å². The number of aliphatic hydroxyl groups is 1. The topological polar surface area (TPSA) is 57.9 Å². The fourth-order valence-corrected chi connectivity index (χ4v) is 2.59. The van der Waals surface area contributed by atoms with Crippen molar-refractivity contribution >= 4 is 0 Å². The van der Waals surface area contributed by atoms with Gasteiger partial charge >= 0.3 is 0 Å². The minimum absolute atomic E-state index is 0.286. The van der Waals surface area contributed by atoms with E-state index in [0.29, 0.717) is 19.8 Å². The molecule has 1 fully saturated rings. The molecule has 1 saturated carbocycles. The molecule has 2 rings (SSSR count). The second-order valence-electron chi connectivity index (χ2n) is 5.85. The maximum absolute atomic E-state index is 9.87. The monoisotopic (exact) mass is 282 g/mol. The standard InChI is InChI=1S/C15H26N2O3/c1-17(2)15(6-4-7-15)12-16-9-13(18)10-19-11-14-5-3-8-20-14/h3,5,8,13,16,18H,4,6-7,9-12H2,1-2H3. The molecule has 0 aliphatic heterocycles. The fourth-order valence-electron chi connectivity index (χ4n) is 2.59. The van der Waals surface area contributed by atoms with Crippen molar-refractivity contribution in [1.82, 2.24) is 10.2 Å². The zero-order chi connectivity index (χ0) is 14.4. The summed E-state index contributed by atoms with van der Waals surface area (Å²) >= 11 is 0. The first-order chi connectivity index (χ1) is 9.62. The summed E-state index contributed by atoms with van der Waals surface area (Å²) in [5, 5.41) is 13.2. The van der Waals surface area contributed by atoms with E-state index >= 15 is 0 Å². The predicted molar refractivity (Wildman–Crippen MR) is 77.5 cm³/mol. The number of likely N-dealkylation sites (N-methyl/N-ethyl adjacent to an activating group) is 1. The molecule has 0 bridgehead atoms. The molecular weight excluding hydrogens is 256 g/mol. The maximum Gasteiger partial charge on any atom is 0.129 e. The van der Waals surface area contributed by atoms with Gasteiger partial charge in [0, 0.05) is 18.6 Å². The molecule has 5 nitrogen and oxygen atoms in total. The lowest BCUT2D eigenvalue weighted by Crippen LogP contribution is -2.57. The van der Waals surface area contributed by atoms with Crippen molar-refractivity contribution in [2.24, 2.45) is 0 Å². The molecule has 1 unspecified atom stereocenters. The summed E-state index contributed by atoms with van der Waals surface area (Å²) < 4.78 is 10.6. The van der Waals surface area contributed by atoms with Gasteiger partial charge in [0.05, 0.1) is 19.0 Å². The summed E-state index contributed by atoms with van der Waals surface area (Å²) in [7, 11) is 4.26. The van der Waals surface area contributed by atoms with Crippen LogP contribution in [0, 0.1) is 0 Å². The summed E-state index contributed by atoms with van der Waals surface area (Å²) in [5.74, 6) is 0.784. The molecule has 0 radical (unpaired) electrons. The van der Waals surface area contributed by atoms with Crippen molar-refractivity contribution < 1.29 is 14.3 Å². The lowest BCUT2D eigenvalue weighted by molar-refractivity contribution is 0.0161. The normalized spacial score (nSPS) is 19.0. The van der Waals surface area contributed by atoms with E-state index in [0.717, 1.165) is 12.3 Å². The Balaban J connectivity index is 1.57. The third kappa shape index (κ3) is 4.06.